The number of aromatic carboxylic acids is 1. The summed E-state index contributed by atoms with van der Waals surface area (Å²) in [5.41, 5.74) is 0. The van der Waals surface area contributed by atoms with Crippen molar-refractivity contribution in [2.24, 2.45) is 0 Å². The van der Waals surface area contributed by atoms with Crippen molar-refractivity contribution in [2.75, 3.05) is 6.61 Å². The second-order valence-corrected chi connectivity index (χ2v) is 3.74. The van der Waals surface area contributed by atoms with Crippen LogP contribution in [-0.4, -0.2) is 23.9 Å². The zero-order valence-corrected chi connectivity index (χ0v) is 8.54. The minimum Gasteiger partial charge on any atom is -0.481 e. The molecule has 0 amide bonds. The molecule has 1 rings (SSSR count). The summed E-state index contributed by atoms with van der Waals surface area (Å²) in [6.07, 6.45) is -4.53. The van der Waals surface area contributed by atoms with E-state index in [9.17, 15) is 18.0 Å². The molecule has 15 heavy (non-hydrogen) atoms. The molecule has 0 saturated heterocycles. The summed E-state index contributed by atoms with van der Waals surface area (Å²) in [6.45, 7) is -1.57. The Kier molecular flexibility index (Phi) is 3.46. The predicted octanol–water partition coefficient (Wildman–Crippen LogP) is 3.04. The predicted molar refractivity (Wildman–Crippen MR) is 47.8 cm³/mol. The van der Waals surface area contributed by atoms with E-state index in [1.54, 1.807) is 0 Å². The lowest BCUT2D eigenvalue weighted by molar-refractivity contribution is -0.153. The van der Waals surface area contributed by atoms with E-state index in [1.807, 2.05) is 0 Å². The number of hydrogen-bond donors (Lipinski definition) is 1. The van der Waals surface area contributed by atoms with Gasteiger partial charge in [0.15, 0.2) is 17.2 Å². The molecule has 84 valence electrons. The Balaban J connectivity index is 2.84. The summed E-state index contributed by atoms with van der Waals surface area (Å²) >= 11 is 6.18. The Morgan fingerprint density at radius 2 is 2.20 bits per heavy atom. The molecule has 1 aromatic heterocycles. The van der Waals surface area contributed by atoms with Crippen LogP contribution in [0, 0.1) is 0 Å². The van der Waals surface area contributed by atoms with E-state index in [0.29, 0.717) is 11.3 Å². The number of hydrogen-bond acceptors (Lipinski definition) is 3. The van der Waals surface area contributed by atoms with Gasteiger partial charge in [-0.2, -0.15) is 13.2 Å². The lowest BCUT2D eigenvalue weighted by atomic mass is 10.4. The quantitative estimate of drug-likeness (QED) is 0.909. The molecule has 0 spiro atoms. The topological polar surface area (TPSA) is 46.5 Å². The summed E-state index contributed by atoms with van der Waals surface area (Å²) in [4.78, 5) is 10.2. The summed E-state index contributed by atoms with van der Waals surface area (Å²) in [7, 11) is 0. The molecule has 0 unspecified atom stereocenters. The highest BCUT2D eigenvalue weighted by atomic mass is 35.5. The molecule has 0 fully saturated rings. The SMILES string of the molecule is O=C(O)c1scc(Cl)c1OCC(F)(F)F. The van der Waals surface area contributed by atoms with Crippen LogP contribution >= 0.6 is 22.9 Å². The lowest BCUT2D eigenvalue weighted by Crippen LogP contribution is -2.19. The van der Waals surface area contributed by atoms with Gasteiger partial charge >= 0.3 is 12.1 Å². The third-order valence-electron chi connectivity index (χ3n) is 1.28. The molecule has 0 saturated carbocycles. The second kappa shape index (κ2) is 4.28. The van der Waals surface area contributed by atoms with Crippen LogP contribution < -0.4 is 4.74 Å². The van der Waals surface area contributed by atoms with Crippen LogP contribution in [0.3, 0.4) is 0 Å². The van der Waals surface area contributed by atoms with Crippen molar-refractivity contribution in [3.05, 3.63) is 15.3 Å². The van der Waals surface area contributed by atoms with Crippen LogP contribution in [0.15, 0.2) is 5.38 Å². The number of carboxylic acid groups (broad SMARTS) is 1. The van der Waals surface area contributed by atoms with E-state index in [1.165, 1.54) is 5.38 Å². The smallest absolute Gasteiger partial charge is 0.422 e. The van der Waals surface area contributed by atoms with Crippen LogP contribution in [0.5, 0.6) is 5.75 Å². The summed E-state index contributed by atoms with van der Waals surface area (Å²) in [5.74, 6) is -1.81. The van der Waals surface area contributed by atoms with Gasteiger partial charge in [-0.25, -0.2) is 4.79 Å². The van der Waals surface area contributed by atoms with Crippen molar-refractivity contribution in [1.82, 2.24) is 0 Å². The van der Waals surface area contributed by atoms with Gasteiger partial charge in [0.1, 0.15) is 0 Å². The largest absolute Gasteiger partial charge is 0.481 e. The van der Waals surface area contributed by atoms with E-state index in [0.717, 1.165) is 0 Å². The van der Waals surface area contributed by atoms with Gasteiger partial charge in [-0.1, -0.05) is 11.6 Å². The molecule has 0 atom stereocenters. The standard InChI is InChI=1S/C7H4ClF3O3S/c8-3-1-15-5(6(12)13)4(3)14-2-7(9,10)11/h1H,2H2,(H,12,13). The summed E-state index contributed by atoms with van der Waals surface area (Å²) in [5, 5.41) is 9.67. The number of carbonyl (C=O) groups is 1. The van der Waals surface area contributed by atoms with Gasteiger partial charge in [0.25, 0.3) is 0 Å². The summed E-state index contributed by atoms with van der Waals surface area (Å²) in [6, 6.07) is 0. The van der Waals surface area contributed by atoms with Crippen molar-refractivity contribution in [1.29, 1.82) is 0 Å². The van der Waals surface area contributed by atoms with E-state index in [-0.39, 0.29) is 9.90 Å². The van der Waals surface area contributed by atoms with Gasteiger partial charge in [0.05, 0.1) is 5.02 Å². The maximum atomic E-state index is 11.8. The van der Waals surface area contributed by atoms with Crippen LogP contribution in [0.4, 0.5) is 13.2 Å². The van der Waals surface area contributed by atoms with Crippen molar-refractivity contribution in [3.63, 3.8) is 0 Å². The van der Waals surface area contributed by atoms with Crippen molar-refractivity contribution < 1.29 is 27.8 Å². The van der Waals surface area contributed by atoms with Gasteiger partial charge in [-0.3, -0.25) is 0 Å². The average molecular weight is 261 g/mol. The number of ether oxygens (including phenoxy) is 1. The minimum atomic E-state index is -4.53. The molecule has 3 nitrogen and oxygen atoms in total. The highest BCUT2D eigenvalue weighted by molar-refractivity contribution is 7.13. The first kappa shape index (κ1) is 12.1. The number of carboxylic acids is 1. The van der Waals surface area contributed by atoms with Crippen LogP contribution in [-0.2, 0) is 0 Å². The molecule has 1 aromatic rings. The molecule has 0 aliphatic carbocycles. The first-order valence-electron chi connectivity index (χ1n) is 3.51. The maximum absolute atomic E-state index is 11.8. The van der Waals surface area contributed by atoms with E-state index >= 15 is 0 Å². The van der Waals surface area contributed by atoms with Gasteiger partial charge in [-0.05, 0) is 0 Å². The third kappa shape index (κ3) is 3.28. The number of alkyl halides is 3. The first-order valence-corrected chi connectivity index (χ1v) is 4.77. The zero-order chi connectivity index (χ0) is 11.6. The molecular weight excluding hydrogens is 257 g/mol. The fraction of sp³-hybridized carbons (Fsp3) is 0.286. The van der Waals surface area contributed by atoms with Gasteiger partial charge in [-0.15, -0.1) is 11.3 Å². The molecule has 0 aliphatic rings. The molecule has 1 N–H and O–H groups in total. The van der Waals surface area contributed by atoms with Gasteiger partial charge < -0.3 is 9.84 Å². The summed E-state index contributed by atoms with van der Waals surface area (Å²) < 4.78 is 39.7. The van der Waals surface area contributed by atoms with Crippen molar-refractivity contribution >= 4 is 28.9 Å². The second-order valence-electron chi connectivity index (χ2n) is 2.45. The highest BCUT2D eigenvalue weighted by Gasteiger charge is 2.30. The van der Waals surface area contributed by atoms with Crippen LogP contribution in [0.1, 0.15) is 9.67 Å². The fourth-order valence-electron chi connectivity index (χ4n) is 0.762. The Morgan fingerprint density at radius 1 is 1.60 bits per heavy atom. The van der Waals surface area contributed by atoms with Crippen molar-refractivity contribution in [2.45, 2.75) is 6.18 Å². The average Bonchev–Trinajstić information content (AvgIpc) is 2.42. The normalized spacial score (nSPS) is 11.5. The third-order valence-corrected chi connectivity index (χ3v) is 2.64. The molecule has 1 heterocycles. The maximum Gasteiger partial charge on any atom is 0.422 e. The van der Waals surface area contributed by atoms with Gasteiger partial charge in [0, 0.05) is 5.38 Å². The van der Waals surface area contributed by atoms with Gasteiger partial charge in [0.2, 0.25) is 0 Å². The molecular formula is C7H4ClF3O3S. The number of halogens is 4. The monoisotopic (exact) mass is 260 g/mol. The Hall–Kier alpha value is -0.950. The Morgan fingerprint density at radius 3 is 2.67 bits per heavy atom. The minimum absolute atomic E-state index is 0.137. The first-order chi connectivity index (χ1) is 6.81. The van der Waals surface area contributed by atoms with E-state index in [2.05, 4.69) is 4.74 Å². The lowest BCUT2D eigenvalue weighted by Gasteiger charge is -2.08. The molecule has 0 bridgehead atoms. The fourth-order valence-corrected chi connectivity index (χ4v) is 1.81. The number of rotatable bonds is 3. The number of thiophene rings is 1. The highest BCUT2D eigenvalue weighted by Crippen LogP contribution is 2.35. The molecule has 0 aromatic carbocycles. The molecule has 8 heteroatoms. The van der Waals surface area contributed by atoms with Crippen LogP contribution in [0.2, 0.25) is 5.02 Å². The van der Waals surface area contributed by atoms with E-state index in [4.69, 9.17) is 16.7 Å². The van der Waals surface area contributed by atoms with Crippen molar-refractivity contribution in [3.8, 4) is 5.75 Å². The Labute approximate surface area is 91.0 Å². The Bertz CT molecular complexity index is 374. The molecule has 0 aliphatic heterocycles. The zero-order valence-electron chi connectivity index (χ0n) is 6.97. The van der Waals surface area contributed by atoms with Crippen LogP contribution in [0.25, 0.3) is 0 Å². The molecule has 0 radical (unpaired) electrons. The van der Waals surface area contributed by atoms with E-state index < -0.39 is 24.5 Å².